The SMILES string of the molecule is CCCCCCCCCCCCCCCCCCCCCC[N+](C)(C)C.O=C([O-])C1=Cc2ccccc2CC1. The van der Waals surface area contributed by atoms with Crippen LogP contribution in [-0.4, -0.2) is 38.1 Å². The van der Waals surface area contributed by atoms with Crippen molar-refractivity contribution in [3.8, 4) is 0 Å². The molecule has 0 bridgehead atoms. The van der Waals surface area contributed by atoms with E-state index in [9.17, 15) is 9.90 Å². The van der Waals surface area contributed by atoms with E-state index in [1.54, 1.807) is 6.08 Å². The Morgan fingerprint density at radius 3 is 1.46 bits per heavy atom. The minimum Gasteiger partial charge on any atom is -0.545 e. The van der Waals surface area contributed by atoms with Gasteiger partial charge < -0.3 is 14.4 Å². The second kappa shape index (κ2) is 23.1. The molecule has 2 rings (SSSR count). The van der Waals surface area contributed by atoms with Crippen LogP contribution in [0.15, 0.2) is 29.8 Å². The summed E-state index contributed by atoms with van der Waals surface area (Å²) in [6.45, 7) is 3.63. The summed E-state index contributed by atoms with van der Waals surface area (Å²) in [6.07, 6.45) is 32.4. The summed E-state index contributed by atoms with van der Waals surface area (Å²) in [5.41, 5.74) is 2.62. The Hall–Kier alpha value is -1.61. The fourth-order valence-electron chi connectivity index (χ4n) is 5.43. The highest BCUT2D eigenvalue weighted by Gasteiger charge is 2.09. The van der Waals surface area contributed by atoms with E-state index in [4.69, 9.17) is 0 Å². The van der Waals surface area contributed by atoms with Crippen molar-refractivity contribution in [2.75, 3.05) is 27.7 Å². The molecular weight excluding hydrogens is 478 g/mol. The number of carbonyl (C=O) groups is 1. The monoisotopic (exact) mass is 541 g/mol. The first-order chi connectivity index (χ1) is 18.8. The van der Waals surface area contributed by atoms with Gasteiger partial charge in [0.05, 0.1) is 33.7 Å². The maximum atomic E-state index is 10.6. The first-order valence-corrected chi connectivity index (χ1v) is 16.6. The van der Waals surface area contributed by atoms with Crippen molar-refractivity contribution in [3.05, 3.63) is 41.0 Å². The van der Waals surface area contributed by atoms with Gasteiger partial charge in [0.25, 0.3) is 0 Å². The molecule has 0 saturated carbocycles. The third-order valence-electron chi connectivity index (χ3n) is 7.99. The fraction of sp³-hybridized carbons (Fsp3) is 0.750. The van der Waals surface area contributed by atoms with Crippen molar-refractivity contribution in [1.29, 1.82) is 0 Å². The quantitative estimate of drug-likeness (QED) is 0.108. The van der Waals surface area contributed by atoms with Gasteiger partial charge in [0, 0.05) is 0 Å². The molecule has 1 aromatic carbocycles. The van der Waals surface area contributed by atoms with Gasteiger partial charge in [-0.25, -0.2) is 0 Å². The number of benzene rings is 1. The van der Waals surface area contributed by atoms with Gasteiger partial charge in [-0.05, 0) is 48.5 Å². The molecule has 224 valence electrons. The Balaban J connectivity index is 0.000000480. The minimum atomic E-state index is -1.05. The number of hydrogen-bond acceptors (Lipinski definition) is 2. The predicted octanol–water partition coefficient (Wildman–Crippen LogP) is 9.28. The van der Waals surface area contributed by atoms with Gasteiger partial charge in [0.2, 0.25) is 0 Å². The zero-order valence-electron chi connectivity index (χ0n) is 26.4. The molecule has 0 N–H and O–H groups in total. The maximum Gasteiger partial charge on any atom is 0.0780 e. The lowest BCUT2D eigenvalue weighted by molar-refractivity contribution is -0.870. The first kappa shape index (κ1) is 35.4. The van der Waals surface area contributed by atoms with Gasteiger partial charge in [-0.3, -0.25) is 0 Å². The normalized spacial score (nSPS) is 12.9. The van der Waals surface area contributed by atoms with Crippen LogP contribution in [0, 0.1) is 0 Å². The van der Waals surface area contributed by atoms with Crippen molar-refractivity contribution in [1.82, 2.24) is 0 Å². The number of carbonyl (C=O) groups excluding carboxylic acids is 1. The number of aliphatic carboxylic acids is 1. The molecule has 0 atom stereocenters. The van der Waals surface area contributed by atoms with E-state index in [1.807, 2.05) is 24.3 Å². The Kier molecular flexibility index (Phi) is 21.0. The predicted molar refractivity (Wildman–Crippen MR) is 169 cm³/mol. The standard InChI is InChI=1S/C25H54N.C11H10O2/c1-5-6-7-8-9-10-11-12-13-14-15-16-17-18-19-20-21-22-23-24-25-26(2,3)4;12-11(13)10-6-5-8-3-1-2-4-9(8)7-10/h5-25H2,1-4H3;1-4,7H,5-6H2,(H,12,13)/q+1;/p-1. The molecule has 3 nitrogen and oxygen atoms in total. The fourth-order valence-corrected chi connectivity index (χ4v) is 5.43. The smallest absolute Gasteiger partial charge is 0.0780 e. The lowest BCUT2D eigenvalue weighted by Crippen LogP contribution is -2.35. The summed E-state index contributed by atoms with van der Waals surface area (Å²) in [6, 6.07) is 7.83. The number of carboxylic acid groups (broad SMARTS) is 1. The number of quaternary nitrogens is 1. The number of nitrogens with zero attached hydrogens (tertiary/aromatic N) is 1. The first-order valence-electron chi connectivity index (χ1n) is 16.6. The average molecular weight is 542 g/mol. The summed E-state index contributed by atoms with van der Waals surface area (Å²) in [5.74, 6) is -1.05. The highest BCUT2D eigenvalue weighted by molar-refractivity contribution is 5.91. The summed E-state index contributed by atoms with van der Waals surface area (Å²) >= 11 is 0. The number of rotatable bonds is 22. The molecule has 39 heavy (non-hydrogen) atoms. The van der Waals surface area contributed by atoms with E-state index in [1.165, 1.54) is 141 Å². The van der Waals surface area contributed by atoms with Crippen molar-refractivity contribution in [2.24, 2.45) is 0 Å². The third-order valence-corrected chi connectivity index (χ3v) is 7.99. The molecular formula is C36H63NO2. The van der Waals surface area contributed by atoms with Crippen LogP contribution < -0.4 is 5.11 Å². The van der Waals surface area contributed by atoms with E-state index < -0.39 is 5.97 Å². The van der Waals surface area contributed by atoms with Gasteiger partial charge >= 0.3 is 0 Å². The summed E-state index contributed by atoms with van der Waals surface area (Å²) < 4.78 is 1.12. The van der Waals surface area contributed by atoms with Crippen LogP contribution in [-0.2, 0) is 11.2 Å². The van der Waals surface area contributed by atoms with Crippen LogP contribution in [0.2, 0.25) is 0 Å². The average Bonchev–Trinajstić information content (AvgIpc) is 2.91. The molecule has 1 aliphatic carbocycles. The molecule has 0 unspecified atom stereocenters. The molecule has 1 aliphatic rings. The molecule has 1 aromatic rings. The number of carboxylic acids is 1. The Labute approximate surface area is 243 Å². The number of hydrogen-bond donors (Lipinski definition) is 0. The second-order valence-corrected chi connectivity index (χ2v) is 12.9. The molecule has 0 aliphatic heterocycles. The maximum absolute atomic E-state index is 10.6. The lowest BCUT2D eigenvalue weighted by atomic mass is 9.92. The molecule has 0 heterocycles. The zero-order chi connectivity index (χ0) is 28.6. The zero-order valence-corrected chi connectivity index (χ0v) is 26.4. The lowest BCUT2D eigenvalue weighted by Gasteiger charge is -2.23. The van der Waals surface area contributed by atoms with Crippen LogP contribution in [0.3, 0.4) is 0 Å². The Morgan fingerprint density at radius 1 is 0.641 bits per heavy atom. The van der Waals surface area contributed by atoms with Crippen molar-refractivity contribution in [2.45, 2.75) is 148 Å². The van der Waals surface area contributed by atoms with Crippen molar-refractivity contribution < 1.29 is 14.4 Å². The number of fused-ring (bicyclic) bond motifs is 1. The largest absolute Gasteiger partial charge is 0.545 e. The van der Waals surface area contributed by atoms with Crippen LogP contribution in [0.25, 0.3) is 6.08 Å². The number of unbranched alkanes of at least 4 members (excludes halogenated alkanes) is 19. The summed E-state index contributed by atoms with van der Waals surface area (Å²) in [7, 11) is 6.90. The van der Waals surface area contributed by atoms with Crippen molar-refractivity contribution in [3.63, 3.8) is 0 Å². The van der Waals surface area contributed by atoms with Gasteiger partial charge in [0.15, 0.2) is 0 Å². The molecule has 0 saturated heterocycles. The van der Waals surface area contributed by atoms with Gasteiger partial charge in [-0.15, -0.1) is 0 Å². The third kappa shape index (κ3) is 20.9. The molecule has 0 amide bonds. The Morgan fingerprint density at radius 2 is 1.05 bits per heavy atom. The minimum absolute atomic E-state index is 0.402. The molecule has 0 radical (unpaired) electrons. The van der Waals surface area contributed by atoms with Crippen LogP contribution in [0.1, 0.15) is 153 Å². The van der Waals surface area contributed by atoms with Gasteiger partial charge in [0.1, 0.15) is 0 Å². The van der Waals surface area contributed by atoms with Crippen molar-refractivity contribution >= 4 is 12.0 Å². The van der Waals surface area contributed by atoms with Crippen LogP contribution in [0.5, 0.6) is 0 Å². The molecule has 0 aromatic heterocycles. The van der Waals surface area contributed by atoms with E-state index in [0.29, 0.717) is 12.0 Å². The van der Waals surface area contributed by atoms with E-state index in [2.05, 4.69) is 28.1 Å². The van der Waals surface area contributed by atoms with E-state index >= 15 is 0 Å². The van der Waals surface area contributed by atoms with Gasteiger partial charge in [-0.2, -0.15) is 0 Å². The van der Waals surface area contributed by atoms with Crippen LogP contribution in [0.4, 0.5) is 0 Å². The van der Waals surface area contributed by atoms with E-state index in [-0.39, 0.29) is 0 Å². The highest BCUT2D eigenvalue weighted by Crippen LogP contribution is 2.23. The summed E-state index contributed by atoms with van der Waals surface area (Å²) in [5, 5.41) is 10.6. The summed E-state index contributed by atoms with van der Waals surface area (Å²) in [4.78, 5) is 10.6. The Bertz CT molecular complexity index is 762. The molecule has 0 spiro atoms. The number of aryl methyl sites for hydroxylation is 1. The molecule has 0 fully saturated rings. The van der Waals surface area contributed by atoms with E-state index in [0.717, 1.165) is 16.5 Å². The van der Waals surface area contributed by atoms with Gasteiger partial charge in [-0.1, -0.05) is 147 Å². The second-order valence-electron chi connectivity index (χ2n) is 12.9. The molecule has 3 heteroatoms. The highest BCUT2D eigenvalue weighted by atomic mass is 16.4. The topological polar surface area (TPSA) is 40.1 Å². The van der Waals surface area contributed by atoms with Crippen LogP contribution >= 0.6 is 0 Å².